The van der Waals surface area contributed by atoms with Crippen molar-refractivity contribution in [3.05, 3.63) is 10.5 Å². The third-order valence-electron chi connectivity index (χ3n) is 5.35. The van der Waals surface area contributed by atoms with Crippen LogP contribution in [-0.2, 0) is 11.3 Å². The number of aromatic nitrogens is 3. The molecule has 1 amide bonds. The average Bonchev–Trinajstić information content (AvgIpc) is 2.97. The Hall–Kier alpha value is -1.24. The Kier molecular flexibility index (Phi) is 6.03. The van der Waals surface area contributed by atoms with Gasteiger partial charge in [0, 0.05) is 19.1 Å². The number of amides is 1. The largest absolute Gasteiger partial charge is 0.343 e. The maximum atomic E-state index is 12.7. The van der Waals surface area contributed by atoms with Crippen LogP contribution in [0, 0.1) is 5.92 Å². The van der Waals surface area contributed by atoms with Crippen molar-refractivity contribution in [1.82, 2.24) is 19.7 Å². The highest BCUT2D eigenvalue weighted by atomic mass is 32.2. The number of thioether (sulfide) groups is 1. The summed E-state index contributed by atoms with van der Waals surface area (Å²) < 4.78 is 1.65. The number of piperidine rings is 1. The van der Waals surface area contributed by atoms with E-state index in [1.165, 1.54) is 37.4 Å². The van der Waals surface area contributed by atoms with Crippen molar-refractivity contribution in [3.8, 4) is 0 Å². The lowest BCUT2D eigenvalue weighted by molar-refractivity contribution is -0.134. The molecule has 0 spiro atoms. The van der Waals surface area contributed by atoms with Crippen molar-refractivity contribution in [2.24, 2.45) is 5.92 Å². The highest BCUT2D eigenvalue weighted by molar-refractivity contribution is 7.99. The molecule has 24 heavy (non-hydrogen) atoms. The van der Waals surface area contributed by atoms with Crippen molar-refractivity contribution in [1.29, 1.82) is 0 Å². The molecule has 7 heteroatoms. The molecule has 1 aliphatic heterocycles. The number of nitrogens with one attached hydrogen (secondary N) is 1. The predicted octanol–water partition coefficient (Wildman–Crippen LogP) is 2.64. The van der Waals surface area contributed by atoms with Gasteiger partial charge in [0.1, 0.15) is 0 Å². The molecule has 0 radical (unpaired) electrons. The molecule has 1 aliphatic carbocycles. The van der Waals surface area contributed by atoms with Gasteiger partial charge in [0.2, 0.25) is 5.91 Å². The molecule has 0 aromatic carbocycles. The molecule has 2 atom stereocenters. The van der Waals surface area contributed by atoms with Crippen molar-refractivity contribution < 1.29 is 4.79 Å². The Morgan fingerprint density at radius 3 is 2.92 bits per heavy atom. The van der Waals surface area contributed by atoms with E-state index in [9.17, 15) is 9.59 Å². The molecule has 3 rings (SSSR count). The van der Waals surface area contributed by atoms with Crippen molar-refractivity contribution in [3.63, 3.8) is 0 Å². The Labute approximate surface area is 147 Å². The molecule has 1 aromatic heterocycles. The standard InChI is InChI=1S/C17H28N4O2S/c1-2-3-10-21-16(23)18-19-17(21)24-12-15(22)20-11-6-8-13-7-4-5-9-14(13)20/h13-14H,2-12H2,1H3,(H,18,23). The molecule has 1 N–H and O–H groups in total. The van der Waals surface area contributed by atoms with E-state index in [-0.39, 0.29) is 11.6 Å². The Morgan fingerprint density at radius 1 is 1.29 bits per heavy atom. The van der Waals surface area contributed by atoms with Gasteiger partial charge >= 0.3 is 5.69 Å². The normalized spacial score (nSPS) is 24.0. The van der Waals surface area contributed by atoms with Gasteiger partial charge in [-0.3, -0.25) is 9.36 Å². The number of rotatable bonds is 6. The Balaban J connectivity index is 1.60. The summed E-state index contributed by atoms with van der Waals surface area (Å²) in [4.78, 5) is 26.7. The van der Waals surface area contributed by atoms with Crippen molar-refractivity contribution >= 4 is 17.7 Å². The lowest BCUT2D eigenvalue weighted by atomic mass is 9.78. The number of fused-ring (bicyclic) bond motifs is 1. The van der Waals surface area contributed by atoms with Crippen LogP contribution in [0.1, 0.15) is 58.3 Å². The van der Waals surface area contributed by atoms with E-state index in [0.717, 1.165) is 32.2 Å². The van der Waals surface area contributed by atoms with E-state index in [0.29, 0.717) is 29.4 Å². The highest BCUT2D eigenvalue weighted by Gasteiger charge is 2.35. The third-order valence-corrected chi connectivity index (χ3v) is 6.31. The summed E-state index contributed by atoms with van der Waals surface area (Å²) in [5, 5.41) is 7.23. The lowest BCUT2D eigenvalue weighted by Gasteiger charge is -2.44. The van der Waals surface area contributed by atoms with E-state index in [1.807, 2.05) is 0 Å². The van der Waals surface area contributed by atoms with E-state index in [2.05, 4.69) is 22.0 Å². The smallest absolute Gasteiger partial charge is 0.339 e. The minimum Gasteiger partial charge on any atom is -0.339 e. The van der Waals surface area contributed by atoms with Crippen LogP contribution >= 0.6 is 11.8 Å². The fourth-order valence-electron chi connectivity index (χ4n) is 4.07. The fourth-order valence-corrected chi connectivity index (χ4v) is 4.93. The number of likely N-dealkylation sites (tertiary alicyclic amines) is 1. The molecule has 2 fully saturated rings. The number of unbranched alkanes of at least 4 members (excludes halogenated alkanes) is 1. The zero-order chi connectivity index (χ0) is 16.9. The summed E-state index contributed by atoms with van der Waals surface area (Å²) in [5.74, 6) is 1.28. The second kappa shape index (κ2) is 8.23. The maximum Gasteiger partial charge on any atom is 0.343 e. The first-order valence-electron chi connectivity index (χ1n) is 9.28. The van der Waals surface area contributed by atoms with Gasteiger partial charge in [0.15, 0.2) is 5.16 Å². The van der Waals surface area contributed by atoms with Crippen LogP contribution < -0.4 is 5.69 Å². The molecule has 2 aliphatic rings. The van der Waals surface area contributed by atoms with Gasteiger partial charge in [0.25, 0.3) is 0 Å². The van der Waals surface area contributed by atoms with Gasteiger partial charge in [-0.15, -0.1) is 5.10 Å². The molecule has 1 aromatic rings. The molecule has 6 nitrogen and oxygen atoms in total. The number of aromatic amines is 1. The zero-order valence-electron chi connectivity index (χ0n) is 14.5. The van der Waals surface area contributed by atoms with E-state index >= 15 is 0 Å². The number of H-pyrrole nitrogens is 1. The summed E-state index contributed by atoms with van der Waals surface area (Å²) in [6, 6.07) is 0.446. The van der Waals surface area contributed by atoms with Gasteiger partial charge in [-0.2, -0.15) is 0 Å². The summed E-state index contributed by atoms with van der Waals surface area (Å²) >= 11 is 1.39. The van der Waals surface area contributed by atoms with Crippen LogP contribution in [0.25, 0.3) is 0 Å². The van der Waals surface area contributed by atoms with E-state index in [4.69, 9.17) is 0 Å². The fraction of sp³-hybridized carbons (Fsp3) is 0.824. The van der Waals surface area contributed by atoms with Gasteiger partial charge in [0.05, 0.1) is 5.75 Å². The van der Waals surface area contributed by atoms with Crippen molar-refractivity contribution in [2.45, 2.75) is 76.0 Å². The molecular formula is C17H28N4O2S. The van der Waals surface area contributed by atoms with Crippen LogP contribution in [0.2, 0.25) is 0 Å². The van der Waals surface area contributed by atoms with Crippen LogP contribution in [0.4, 0.5) is 0 Å². The van der Waals surface area contributed by atoms with Gasteiger partial charge in [-0.05, 0) is 38.0 Å². The summed E-state index contributed by atoms with van der Waals surface area (Å²) in [7, 11) is 0. The molecule has 0 bridgehead atoms. The predicted molar refractivity (Wildman–Crippen MR) is 95.2 cm³/mol. The summed E-state index contributed by atoms with van der Waals surface area (Å²) in [6.07, 6.45) is 9.36. The average molecular weight is 353 g/mol. The minimum atomic E-state index is -0.177. The van der Waals surface area contributed by atoms with Crippen LogP contribution in [-0.4, -0.2) is 43.9 Å². The first-order chi connectivity index (χ1) is 11.7. The third kappa shape index (κ3) is 3.87. The van der Waals surface area contributed by atoms with Crippen molar-refractivity contribution in [2.75, 3.05) is 12.3 Å². The van der Waals surface area contributed by atoms with E-state index < -0.39 is 0 Å². The number of carbonyl (C=O) groups is 1. The summed E-state index contributed by atoms with van der Waals surface area (Å²) in [6.45, 7) is 3.65. The Bertz CT molecular complexity index is 610. The molecule has 1 saturated heterocycles. The first-order valence-corrected chi connectivity index (χ1v) is 10.3. The molecule has 134 valence electrons. The number of hydrogen-bond acceptors (Lipinski definition) is 4. The van der Waals surface area contributed by atoms with E-state index in [1.54, 1.807) is 4.57 Å². The molecule has 2 unspecified atom stereocenters. The topological polar surface area (TPSA) is 71.0 Å². The van der Waals surface area contributed by atoms with Crippen LogP contribution in [0.5, 0.6) is 0 Å². The molecule has 2 heterocycles. The summed E-state index contributed by atoms with van der Waals surface area (Å²) in [5.41, 5.74) is -0.177. The van der Waals surface area contributed by atoms with Crippen LogP contribution in [0.15, 0.2) is 9.95 Å². The SMILES string of the molecule is CCCCn1c(SCC(=O)N2CCCC3CCCCC32)n[nH]c1=O. The van der Waals surface area contributed by atoms with Crippen LogP contribution in [0.3, 0.4) is 0 Å². The monoisotopic (exact) mass is 352 g/mol. The minimum absolute atomic E-state index is 0.177. The number of carbonyl (C=O) groups excluding carboxylic acids is 1. The number of nitrogens with zero attached hydrogens (tertiary/aromatic N) is 3. The lowest BCUT2D eigenvalue weighted by Crippen LogP contribution is -2.50. The quantitative estimate of drug-likeness (QED) is 0.799. The first kappa shape index (κ1) is 17.6. The zero-order valence-corrected chi connectivity index (χ0v) is 15.3. The highest BCUT2D eigenvalue weighted by Crippen LogP contribution is 2.35. The molecular weight excluding hydrogens is 324 g/mol. The van der Waals surface area contributed by atoms with Gasteiger partial charge < -0.3 is 4.90 Å². The van der Waals surface area contributed by atoms with Gasteiger partial charge in [-0.25, -0.2) is 9.89 Å². The second-order valence-electron chi connectivity index (χ2n) is 6.95. The van der Waals surface area contributed by atoms with Gasteiger partial charge in [-0.1, -0.05) is 37.9 Å². The molecule has 1 saturated carbocycles. The second-order valence-corrected chi connectivity index (χ2v) is 7.89. The number of hydrogen-bond donors (Lipinski definition) is 1. The Morgan fingerprint density at radius 2 is 2.08 bits per heavy atom. The maximum absolute atomic E-state index is 12.7.